The minimum atomic E-state index is 0.157. The normalized spacial score (nSPS) is 24.3. The lowest BCUT2D eigenvalue weighted by molar-refractivity contribution is -0.0815. The van der Waals surface area contributed by atoms with Gasteiger partial charge < -0.3 is 10.1 Å². The van der Waals surface area contributed by atoms with E-state index in [2.05, 4.69) is 52.1 Å². The second-order valence-electron chi connectivity index (χ2n) is 5.42. The van der Waals surface area contributed by atoms with Gasteiger partial charge in [0.05, 0.1) is 23.8 Å². The van der Waals surface area contributed by atoms with Crippen LogP contribution in [0.3, 0.4) is 0 Å². The number of benzene rings is 1. The molecule has 0 saturated carbocycles. The van der Waals surface area contributed by atoms with Crippen molar-refractivity contribution in [2.45, 2.75) is 32.0 Å². The molecular weight excluding hydrogens is 340 g/mol. The first-order valence-corrected chi connectivity index (χ1v) is 8.18. The van der Waals surface area contributed by atoms with Crippen LogP contribution < -0.4 is 5.32 Å². The van der Waals surface area contributed by atoms with Gasteiger partial charge in [-0.1, -0.05) is 17.7 Å². The van der Waals surface area contributed by atoms with Gasteiger partial charge in [-0.3, -0.25) is 4.90 Å². The Morgan fingerprint density at radius 3 is 2.85 bits per heavy atom. The molecule has 0 radical (unpaired) electrons. The van der Waals surface area contributed by atoms with Crippen LogP contribution in [-0.2, 0) is 4.74 Å². The van der Waals surface area contributed by atoms with E-state index in [0.29, 0.717) is 6.04 Å². The summed E-state index contributed by atoms with van der Waals surface area (Å²) in [5, 5.41) is 3.98. The van der Waals surface area contributed by atoms with Gasteiger partial charge in [-0.15, -0.1) is 0 Å². The first-order chi connectivity index (χ1) is 9.54. The van der Waals surface area contributed by atoms with Crippen molar-refractivity contribution in [1.29, 1.82) is 0 Å². The Kier molecular flexibility index (Phi) is 5.87. The molecule has 1 N–H and O–H groups in total. The average molecular weight is 362 g/mol. The zero-order valence-electron chi connectivity index (χ0n) is 12.2. The Bertz CT molecular complexity index is 453. The van der Waals surface area contributed by atoms with Gasteiger partial charge in [0.25, 0.3) is 0 Å². The maximum atomic E-state index is 6.11. The molecule has 0 spiro atoms. The largest absolute Gasteiger partial charge is 0.374 e. The van der Waals surface area contributed by atoms with Gasteiger partial charge in [0, 0.05) is 23.6 Å². The third-order valence-electron chi connectivity index (χ3n) is 3.74. The molecule has 1 aromatic carbocycles. The topological polar surface area (TPSA) is 24.5 Å². The summed E-state index contributed by atoms with van der Waals surface area (Å²) < 4.78 is 6.92. The highest BCUT2D eigenvalue weighted by Gasteiger charge is 2.34. The van der Waals surface area contributed by atoms with Crippen LogP contribution in [0, 0.1) is 0 Å². The molecule has 1 fully saturated rings. The Morgan fingerprint density at radius 2 is 2.25 bits per heavy atom. The third-order valence-corrected chi connectivity index (χ3v) is 4.96. The molecule has 1 aliphatic rings. The van der Waals surface area contributed by atoms with Crippen LogP contribution in [0.15, 0.2) is 22.7 Å². The van der Waals surface area contributed by atoms with Gasteiger partial charge in [0.15, 0.2) is 0 Å². The predicted octanol–water partition coefficient (Wildman–Crippen LogP) is 3.47. The van der Waals surface area contributed by atoms with Crippen LogP contribution in [0.2, 0.25) is 5.02 Å². The average Bonchev–Trinajstić information content (AvgIpc) is 2.42. The fourth-order valence-corrected chi connectivity index (χ4v) is 3.32. The lowest BCUT2D eigenvalue weighted by atomic mass is 9.96. The second kappa shape index (κ2) is 7.23. The standard InChI is InChI=1S/C15H22BrClN2O/c1-10(2)19-6-7-20-14(9-18-3)15(19)11-4-5-13(17)12(16)8-11/h4-5,8,10,14-15,18H,6-7,9H2,1-3H3. The van der Waals surface area contributed by atoms with Crippen molar-refractivity contribution in [2.75, 3.05) is 26.7 Å². The van der Waals surface area contributed by atoms with Crippen LogP contribution in [0.4, 0.5) is 0 Å². The Labute approximate surface area is 134 Å². The van der Waals surface area contributed by atoms with E-state index in [1.807, 2.05) is 13.1 Å². The molecule has 1 saturated heterocycles. The van der Waals surface area contributed by atoms with E-state index < -0.39 is 0 Å². The quantitative estimate of drug-likeness (QED) is 0.888. The summed E-state index contributed by atoms with van der Waals surface area (Å²) in [6.45, 7) is 7.06. The van der Waals surface area contributed by atoms with Crippen molar-refractivity contribution in [2.24, 2.45) is 0 Å². The maximum absolute atomic E-state index is 6.11. The van der Waals surface area contributed by atoms with Crippen LogP contribution in [0.25, 0.3) is 0 Å². The van der Waals surface area contributed by atoms with Crippen molar-refractivity contribution < 1.29 is 4.74 Å². The molecule has 20 heavy (non-hydrogen) atoms. The third kappa shape index (κ3) is 3.55. The highest BCUT2D eigenvalue weighted by Crippen LogP contribution is 2.34. The monoisotopic (exact) mass is 360 g/mol. The van der Waals surface area contributed by atoms with Gasteiger partial charge >= 0.3 is 0 Å². The van der Waals surface area contributed by atoms with Crippen molar-refractivity contribution in [3.63, 3.8) is 0 Å². The number of likely N-dealkylation sites (N-methyl/N-ethyl adjacent to an activating group) is 1. The first kappa shape index (κ1) is 16.2. The molecule has 1 heterocycles. The van der Waals surface area contributed by atoms with Crippen LogP contribution in [0.1, 0.15) is 25.5 Å². The van der Waals surface area contributed by atoms with Crippen LogP contribution in [0.5, 0.6) is 0 Å². The van der Waals surface area contributed by atoms with E-state index in [4.69, 9.17) is 16.3 Å². The molecule has 2 atom stereocenters. The Balaban J connectivity index is 2.35. The predicted molar refractivity (Wildman–Crippen MR) is 87.4 cm³/mol. The number of hydrogen-bond acceptors (Lipinski definition) is 3. The first-order valence-electron chi connectivity index (χ1n) is 7.01. The molecule has 1 aromatic rings. The van der Waals surface area contributed by atoms with Crippen LogP contribution in [-0.4, -0.2) is 43.8 Å². The maximum Gasteiger partial charge on any atom is 0.0896 e. The smallest absolute Gasteiger partial charge is 0.0896 e. The molecule has 112 valence electrons. The number of nitrogens with one attached hydrogen (secondary N) is 1. The molecule has 0 bridgehead atoms. The number of nitrogens with zero attached hydrogens (tertiary/aromatic N) is 1. The molecule has 2 unspecified atom stereocenters. The fourth-order valence-electron chi connectivity index (χ4n) is 2.81. The molecule has 0 amide bonds. The summed E-state index contributed by atoms with van der Waals surface area (Å²) in [5.74, 6) is 0. The molecule has 5 heteroatoms. The van der Waals surface area contributed by atoms with Crippen molar-refractivity contribution in [1.82, 2.24) is 10.2 Å². The van der Waals surface area contributed by atoms with Crippen molar-refractivity contribution in [3.05, 3.63) is 33.3 Å². The number of hydrogen-bond donors (Lipinski definition) is 1. The van der Waals surface area contributed by atoms with E-state index in [1.54, 1.807) is 0 Å². The number of morpholine rings is 1. The highest BCUT2D eigenvalue weighted by atomic mass is 79.9. The zero-order valence-corrected chi connectivity index (χ0v) is 14.5. The fraction of sp³-hybridized carbons (Fsp3) is 0.600. The Hall–Kier alpha value is -0.130. The summed E-state index contributed by atoms with van der Waals surface area (Å²) >= 11 is 9.63. The minimum Gasteiger partial charge on any atom is -0.374 e. The van der Waals surface area contributed by atoms with Crippen molar-refractivity contribution >= 4 is 27.5 Å². The highest BCUT2D eigenvalue weighted by molar-refractivity contribution is 9.10. The summed E-state index contributed by atoms with van der Waals surface area (Å²) in [6.07, 6.45) is 0.157. The van der Waals surface area contributed by atoms with Gasteiger partial charge in [-0.2, -0.15) is 0 Å². The molecular formula is C15H22BrClN2O. The summed E-state index contributed by atoms with van der Waals surface area (Å²) in [4.78, 5) is 2.50. The summed E-state index contributed by atoms with van der Waals surface area (Å²) in [6, 6.07) is 6.90. The minimum absolute atomic E-state index is 0.157. The number of halogens is 2. The zero-order chi connectivity index (χ0) is 14.7. The van der Waals surface area contributed by atoms with Gasteiger partial charge in [0.2, 0.25) is 0 Å². The van der Waals surface area contributed by atoms with Gasteiger partial charge in [-0.25, -0.2) is 0 Å². The van der Waals surface area contributed by atoms with E-state index in [9.17, 15) is 0 Å². The molecule has 0 aliphatic carbocycles. The van der Waals surface area contributed by atoms with E-state index >= 15 is 0 Å². The van der Waals surface area contributed by atoms with E-state index in [-0.39, 0.29) is 12.1 Å². The van der Waals surface area contributed by atoms with E-state index in [1.165, 1.54) is 5.56 Å². The lowest BCUT2D eigenvalue weighted by Crippen LogP contribution is -2.51. The molecule has 0 aromatic heterocycles. The van der Waals surface area contributed by atoms with Gasteiger partial charge in [-0.05, 0) is 54.5 Å². The second-order valence-corrected chi connectivity index (χ2v) is 6.68. The molecule has 1 aliphatic heterocycles. The lowest BCUT2D eigenvalue weighted by Gasteiger charge is -2.43. The van der Waals surface area contributed by atoms with Crippen LogP contribution >= 0.6 is 27.5 Å². The number of rotatable bonds is 4. The molecule has 3 nitrogen and oxygen atoms in total. The van der Waals surface area contributed by atoms with Crippen molar-refractivity contribution in [3.8, 4) is 0 Å². The molecule has 2 rings (SSSR count). The summed E-state index contributed by atoms with van der Waals surface area (Å²) in [7, 11) is 1.96. The van der Waals surface area contributed by atoms with Gasteiger partial charge in [0.1, 0.15) is 0 Å². The SMILES string of the molecule is CNCC1OCCN(C(C)C)C1c1ccc(Cl)c(Br)c1. The Morgan fingerprint density at radius 1 is 1.50 bits per heavy atom. The summed E-state index contributed by atoms with van der Waals surface area (Å²) in [5.41, 5.74) is 1.25. The van der Waals surface area contributed by atoms with E-state index in [0.717, 1.165) is 29.2 Å². The number of ether oxygens (including phenoxy) is 1.